The molecular formula is C22H24BrN3O2. The first-order valence-corrected chi connectivity index (χ1v) is 9.79. The predicted molar refractivity (Wildman–Crippen MR) is 119 cm³/mol. The Balaban J connectivity index is 0.00000136. The maximum absolute atomic E-state index is 12.8. The second-order valence-electron chi connectivity index (χ2n) is 5.91. The molecule has 0 radical (unpaired) electrons. The van der Waals surface area contributed by atoms with E-state index >= 15 is 0 Å². The molecule has 1 unspecified atom stereocenters. The van der Waals surface area contributed by atoms with Gasteiger partial charge in [0.25, 0.3) is 5.91 Å². The minimum atomic E-state index is -0.154. The van der Waals surface area contributed by atoms with E-state index in [1.54, 1.807) is 19.2 Å². The summed E-state index contributed by atoms with van der Waals surface area (Å²) in [6.45, 7) is 8.04. The zero-order valence-electron chi connectivity index (χ0n) is 16.1. The fourth-order valence-corrected chi connectivity index (χ4v) is 3.16. The third-order valence-electron chi connectivity index (χ3n) is 4.17. The molecule has 3 aromatic rings. The van der Waals surface area contributed by atoms with Gasteiger partial charge in [0.05, 0.1) is 11.1 Å². The fraction of sp³-hybridized carbons (Fsp3) is 0.227. The smallest absolute Gasteiger partial charge is 0.253 e. The number of hydrogen-bond donors (Lipinski definition) is 1. The summed E-state index contributed by atoms with van der Waals surface area (Å²) in [6, 6.07) is 13.1. The monoisotopic (exact) mass is 441 g/mol. The molecule has 5 nitrogen and oxygen atoms in total. The highest BCUT2D eigenvalue weighted by Gasteiger charge is 2.19. The van der Waals surface area contributed by atoms with Crippen LogP contribution in [-0.2, 0) is 0 Å². The largest absolute Gasteiger partial charge is 0.436 e. The van der Waals surface area contributed by atoms with Crippen LogP contribution in [0.2, 0.25) is 0 Å². The first-order chi connectivity index (χ1) is 13.6. The van der Waals surface area contributed by atoms with Gasteiger partial charge >= 0.3 is 0 Å². The number of aliphatic imine (C=N–C) groups is 1. The first-order valence-electron chi connectivity index (χ1n) is 9.00. The van der Waals surface area contributed by atoms with Crippen molar-refractivity contribution >= 4 is 39.2 Å². The first kappa shape index (κ1) is 21.6. The van der Waals surface area contributed by atoms with E-state index in [0.717, 1.165) is 16.5 Å². The minimum Gasteiger partial charge on any atom is -0.436 e. The lowest BCUT2D eigenvalue weighted by atomic mass is 10.1. The lowest BCUT2D eigenvalue weighted by Crippen LogP contribution is -2.34. The number of aromatic nitrogens is 1. The van der Waals surface area contributed by atoms with Crippen LogP contribution < -0.4 is 5.32 Å². The van der Waals surface area contributed by atoms with Crippen molar-refractivity contribution in [3.63, 3.8) is 0 Å². The SMILES string of the molecule is C=C.CCC(CC=NC)NC(=O)c1cccc2oc(-c3ccccc3Br)nc12. The number of para-hydroxylation sites is 1. The summed E-state index contributed by atoms with van der Waals surface area (Å²) in [6.07, 6.45) is 3.35. The summed E-state index contributed by atoms with van der Waals surface area (Å²) in [7, 11) is 1.73. The number of benzene rings is 2. The molecule has 28 heavy (non-hydrogen) atoms. The van der Waals surface area contributed by atoms with Crippen molar-refractivity contribution in [1.82, 2.24) is 10.3 Å². The normalized spacial score (nSPS) is 11.8. The molecule has 0 aliphatic rings. The van der Waals surface area contributed by atoms with E-state index < -0.39 is 0 Å². The standard InChI is InChI=1S/C20H20BrN3O2.C2H4/c1-3-13(11-12-22-2)23-19(25)15-8-6-10-17-18(15)24-20(26-17)14-7-4-5-9-16(14)21;1-2/h4-10,12-13H,3,11H2,1-2H3,(H,23,25);1-2H2. The number of amides is 1. The lowest BCUT2D eigenvalue weighted by Gasteiger charge is -2.14. The Bertz CT molecular complexity index is 965. The van der Waals surface area contributed by atoms with Gasteiger partial charge in [-0.15, -0.1) is 13.2 Å². The van der Waals surface area contributed by atoms with Crippen LogP contribution in [0, 0.1) is 0 Å². The van der Waals surface area contributed by atoms with E-state index in [0.29, 0.717) is 29.0 Å². The molecule has 146 valence electrons. The molecule has 0 aliphatic carbocycles. The number of rotatable bonds is 6. The van der Waals surface area contributed by atoms with Gasteiger partial charge in [-0.2, -0.15) is 0 Å². The molecule has 6 heteroatoms. The summed E-state index contributed by atoms with van der Waals surface area (Å²) in [4.78, 5) is 21.3. The molecule has 2 aromatic carbocycles. The Morgan fingerprint density at radius 2 is 2.04 bits per heavy atom. The summed E-state index contributed by atoms with van der Waals surface area (Å²) in [5.41, 5.74) is 2.51. The Morgan fingerprint density at radius 1 is 1.29 bits per heavy atom. The molecule has 0 aliphatic heterocycles. The molecule has 0 saturated carbocycles. The van der Waals surface area contributed by atoms with Gasteiger partial charge in [-0.3, -0.25) is 4.79 Å². The van der Waals surface area contributed by atoms with Crippen LogP contribution in [-0.4, -0.2) is 30.2 Å². The van der Waals surface area contributed by atoms with Gasteiger partial charge < -0.3 is 14.7 Å². The topological polar surface area (TPSA) is 67.5 Å². The fourth-order valence-electron chi connectivity index (χ4n) is 2.71. The van der Waals surface area contributed by atoms with E-state index in [9.17, 15) is 4.79 Å². The number of carbonyl (C=O) groups is 1. The van der Waals surface area contributed by atoms with E-state index in [1.807, 2.05) is 43.5 Å². The Labute approximate surface area is 173 Å². The molecule has 0 spiro atoms. The van der Waals surface area contributed by atoms with Crippen molar-refractivity contribution in [2.45, 2.75) is 25.8 Å². The van der Waals surface area contributed by atoms with Gasteiger partial charge in [0.2, 0.25) is 5.89 Å². The maximum Gasteiger partial charge on any atom is 0.253 e. The number of oxazole rings is 1. The van der Waals surface area contributed by atoms with Crippen molar-refractivity contribution in [2.75, 3.05) is 7.05 Å². The average Bonchev–Trinajstić information content (AvgIpc) is 3.16. The number of carbonyl (C=O) groups excluding carboxylic acids is 1. The summed E-state index contributed by atoms with van der Waals surface area (Å²) in [5, 5.41) is 3.05. The predicted octanol–water partition coefficient (Wildman–Crippen LogP) is 5.66. The van der Waals surface area contributed by atoms with Crippen LogP contribution >= 0.6 is 15.9 Å². The van der Waals surface area contributed by atoms with Crippen molar-refractivity contribution in [2.24, 2.45) is 4.99 Å². The maximum atomic E-state index is 12.8. The molecular weight excluding hydrogens is 418 g/mol. The quantitative estimate of drug-likeness (QED) is 0.396. The summed E-state index contributed by atoms with van der Waals surface area (Å²) >= 11 is 3.51. The molecule has 3 rings (SSSR count). The van der Waals surface area contributed by atoms with Gasteiger partial charge in [-0.25, -0.2) is 4.98 Å². The molecule has 1 heterocycles. The van der Waals surface area contributed by atoms with E-state index in [2.05, 4.69) is 44.4 Å². The van der Waals surface area contributed by atoms with Gasteiger partial charge in [-0.05, 0) is 46.6 Å². The lowest BCUT2D eigenvalue weighted by molar-refractivity contribution is 0.0939. The number of fused-ring (bicyclic) bond motifs is 1. The van der Waals surface area contributed by atoms with Gasteiger partial charge in [0.1, 0.15) is 5.52 Å². The highest BCUT2D eigenvalue weighted by atomic mass is 79.9. The molecule has 1 aromatic heterocycles. The number of hydrogen-bond acceptors (Lipinski definition) is 4. The van der Waals surface area contributed by atoms with Crippen LogP contribution in [0.1, 0.15) is 30.1 Å². The zero-order valence-corrected chi connectivity index (χ0v) is 17.7. The van der Waals surface area contributed by atoms with Crippen LogP contribution in [0.25, 0.3) is 22.6 Å². The second kappa shape index (κ2) is 10.6. The molecule has 1 N–H and O–H groups in total. The summed E-state index contributed by atoms with van der Waals surface area (Å²) in [5.74, 6) is 0.330. The van der Waals surface area contributed by atoms with Crippen LogP contribution in [0.5, 0.6) is 0 Å². The van der Waals surface area contributed by atoms with E-state index in [1.165, 1.54) is 0 Å². The van der Waals surface area contributed by atoms with Crippen LogP contribution in [0.3, 0.4) is 0 Å². The Morgan fingerprint density at radius 3 is 2.71 bits per heavy atom. The molecule has 0 saturated heterocycles. The Hall–Kier alpha value is -2.73. The zero-order chi connectivity index (χ0) is 20.5. The number of nitrogens with one attached hydrogen (secondary N) is 1. The highest BCUT2D eigenvalue weighted by molar-refractivity contribution is 9.10. The van der Waals surface area contributed by atoms with E-state index in [4.69, 9.17) is 4.42 Å². The molecule has 0 bridgehead atoms. The average molecular weight is 442 g/mol. The molecule has 1 amide bonds. The van der Waals surface area contributed by atoms with E-state index in [-0.39, 0.29) is 11.9 Å². The Kier molecular flexibility index (Phi) is 8.14. The third-order valence-corrected chi connectivity index (χ3v) is 4.86. The van der Waals surface area contributed by atoms with Gasteiger partial charge in [0.15, 0.2) is 5.58 Å². The number of halogens is 1. The van der Waals surface area contributed by atoms with Gasteiger partial charge in [0, 0.05) is 30.2 Å². The van der Waals surface area contributed by atoms with Crippen molar-refractivity contribution in [3.05, 3.63) is 65.7 Å². The molecule has 0 fully saturated rings. The third kappa shape index (κ3) is 4.95. The second-order valence-corrected chi connectivity index (χ2v) is 6.76. The number of nitrogens with zero attached hydrogens (tertiary/aromatic N) is 2. The van der Waals surface area contributed by atoms with Crippen molar-refractivity contribution in [1.29, 1.82) is 0 Å². The van der Waals surface area contributed by atoms with Crippen LogP contribution in [0.4, 0.5) is 0 Å². The highest BCUT2D eigenvalue weighted by Crippen LogP contribution is 2.31. The molecule has 1 atom stereocenters. The van der Waals surface area contributed by atoms with Crippen molar-refractivity contribution in [3.8, 4) is 11.5 Å². The van der Waals surface area contributed by atoms with Crippen LogP contribution in [0.15, 0.2) is 69.5 Å². The van der Waals surface area contributed by atoms with Gasteiger partial charge in [-0.1, -0.05) is 25.1 Å². The minimum absolute atomic E-state index is 0.0381. The summed E-state index contributed by atoms with van der Waals surface area (Å²) < 4.78 is 6.77. The van der Waals surface area contributed by atoms with Crippen molar-refractivity contribution < 1.29 is 9.21 Å².